The lowest BCUT2D eigenvalue weighted by Gasteiger charge is -1.99. The Labute approximate surface area is 50.0 Å². The van der Waals surface area contributed by atoms with Crippen LogP contribution in [0.25, 0.3) is 0 Å². The molecule has 1 aliphatic heterocycles. The van der Waals surface area contributed by atoms with Crippen molar-refractivity contribution in [3.05, 3.63) is 6.42 Å². The molecule has 0 spiro atoms. The summed E-state index contributed by atoms with van der Waals surface area (Å²) in [7, 11) is 0. The lowest BCUT2D eigenvalue weighted by molar-refractivity contribution is 0.334. The highest BCUT2D eigenvalue weighted by atomic mass is 16.6. The lowest BCUT2D eigenvalue weighted by Crippen LogP contribution is -2.00. The van der Waals surface area contributed by atoms with Crippen LogP contribution in [0.5, 0.6) is 0 Å². The average molecular weight is 111 g/mol. The highest BCUT2D eigenvalue weighted by Crippen LogP contribution is 2.33. The molecule has 0 bridgehead atoms. The van der Waals surface area contributed by atoms with Crippen molar-refractivity contribution >= 4 is 0 Å². The largest absolute Gasteiger partial charge is 0.373 e. The maximum Gasteiger partial charge on any atom is 0.0838 e. The van der Waals surface area contributed by atoms with E-state index in [1.54, 1.807) is 0 Å². The molecule has 1 radical (unpaired) electrons. The number of ether oxygens (including phenoxy) is 1. The maximum atomic E-state index is 5.17. The Bertz CT molecular complexity index is 80.4. The molecule has 1 saturated heterocycles. The smallest absolute Gasteiger partial charge is 0.0838 e. The zero-order valence-corrected chi connectivity index (χ0v) is 4.97. The van der Waals surface area contributed by atoms with Crippen molar-refractivity contribution in [1.82, 2.24) is 0 Å². The van der Waals surface area contributed by atoms with Crippen molar-refractivity contribution in [1.29, 1.82) is 0 Å². The Morgan fingerprint density at radius 2 is 2.38 bits per heavy atom. The molecule has 1 nitrogen and oxygen atoms in total. The first kappa shape index (κ1) is 4.80. The molecule has 1 saturated carbocycles. The topological polar surface area (TPSA) is 12.5 Å². The van der Waals surface area contributed by atoms with Crippen LogP contribution in [0.1, 0.15) is 19.3 Å². The molecule has 0 amide bonds. The molecule has 0 N–H and O–H groups in total. The number of epoxide rings is 1. The third-order valence-electron chi connectivity index (χ3n) is 2.10. The van der Waals surface area contributed by atoms with Gasteiger partial charge in [-0.05, 0) is 31.6 Å². The van der Waals surface area contributed by atoms with Crippen molar-refractivity contribution in [3.8, 4) is 0 Å². The van der Waals surface area contributed by atoms with Crippen LogP contribution in [0.3, 0.4) is 0 Å². The second-order valence-electron chi connectivity index (χ2n) is 2.73. The van der Waals surface area contributed by atoms with Gasteiger partial charge in [-0.1, -0.05) is 0 Å². The van der Waals surface area contributed by atoms with Crippen LogP contribution >= 0.6 is 0 Å². The molecule has 8 heavy (non-hydrogen) atoms. The van der Waals surface area contributed by atoms with E-state index in [1.165, 1.54) is 19.3 Å². The van der Waals surface area contributed by atoms with E-state index < -0.39 is 0 Å². The van der Waals surface area contributed by atoms with Gasteiger partial charge in [0.05, 0.1) is 12.7 Å². The summed E-state index contributed by atoms with van der Waals surface area (Å²) < 4.78 is 5.17. The zero-order chi connectivity index (χ0) is 5.40. The Balaban J connectivity index is 1.86. The molecule has 2 atom stereocenters. The molecular formula is C7H11O. The SMILES string of the molecule is [CH]1CCC(C2CO2)C1. The van der Waals surface area contributed by atoms with Gasteiger partial charge in [0.25, 0.3) is 0 Å². The third kappa shape index (κ3) is 0.752. The Kier molecular flexibility index (Phi) is 1.04. The van der Waals surface area contributed by atoms with Gasteiger partial charge in [-0.3, -0.25) is 0 Å². The van der Waals surface area contributed by atoms with Gasteiger partial charge in [-0.25, -0.2) is 0 Å². The Morgan fingerprint density at radius 3 is 2.88 bits per heavy atom. The third-order valence-corrected chi connectivity index (χ3v) is 2.10. The summed E-state index contributed by atoms with van der Waals surface area (Å²) in [5, 5.41) is 0. The molecule has 0 aromatic heterocycles. The van der Waals surface area contributed by atoms with Gasteiger partial charge in [0.2, 0.25) is 0 Å². The molecule has 1 aliphatic carbocycles. The van der Waals surface area contributed by atoms with Gasteiger partial charge in [-0.15, -0.1) is 0 Å². The fourth-order valence-electron chi connectivity index (χ4n) is 1.45. The molecule has 2 rings (SSSR count). The van der Waals surface area contributed by atoms with Crippen LogP contribution in [0, 0.1) is 12.3 Å². The summed E-state index contributed by atoms with van der Waals surface area (Å²) in [5.74, 6) is 0.898. The van der Waals surface area contributed by atoms with Crippen molar-refractivity contribution in [2.24, 2.45) is 5.92 Å². The van der Waals surface area contributed by atoms with Crippen LogP contribution in [0.15, 0.2) is 0 Å². The summed E-state index contributed by atoms with van der Waals surface area (Å²) in [6.07, 6.45) is 7.06. The van der Waals surface area contributed by atoms with Crippen LogP contribution < -0.4 is 0 Å². The summed E-state index contributed by atoms with van der Waals surface area (Å²) in [6.45, 7) is 1.04. The maximum absolute atomic E-state index is 5.17. The zero-order valence-electron chi connectivity index (χ0n) is 4.97. The second-order valence-corrected chi connectivity index (χ2v) is 2.73. The van der Waals surface area contributed by atoms with Gasteiger partial charge in [0, 0.05) is 0 Å². The fourth-order valence-corrected chi connectivity index (χ4v) is 1.45. The number of rotatable bonds is 1. The normalized spacial score (nSPS) is 38.2. The van der Waals surface area contributed by atoms with Gasteiger partial charge in [0.1, 0.15) is 0 Å². The fraction of sp³-hybridized carbons (Fsp3) is 0.857. The second kappa shape index (κ2) is 1.73. The molecule has 1 heterocycles. The highest BCUT2D eigenvalue weighted by molar-refractivity contribution is 4.89. The highest BCUT2D eigenvalue weighted by Gasteiger charge is 2.34. The molecule has 2 fully saturated rings. The van der Waals surface area contributed by atoms with E-state index in [9.17, 15) is 0 Å². The molecule has 1 heteroatoms. The monoisotopic (exact) mass is 111 g/mol. The minimum absolute atomic E-state index is 0.661. The quantitative estimate of drug-likeness (QED) is 0.466. The lowest BCUT2D eigenvalue weighted by atomic mass is 10.1. The predicted octanol–water partition coefficient (Wildman–Crippen LogP) is 1.39. The van der Waals surface area contributed by atoms with Crippen LogP contribution in [-0.2, 0) is 4.74 Å². The van der Waals surface area contributed by atoms with E-state index in [0.29, 0.717) is 6.10 Å². The number of hydrogen-bond acceptors (Lipinski definition) is 1. The average Bonchev–Trinajstić information content (AvgIpc) is 2.49. The Hall–Kier alpha value is -0.0400. The summed E-state index contributed by atoms with van der Waals surface area (Å²) >= 11 is 0. The van der Waals surface area contributed by atoms with E-state index in [4.69, 9.17) is 4.74 Å². The van der Waals surface area contributed by atoms with Crippen LogP contribution in [0.2, 0.25) is 0 Å². The summed E-state index contributed by atoms with van der Waals surface area (Å²) in [5.41, 5.74) is 0. The van der Waals surface area contributed by atoms with Crippen molar-refractivity contribution in [2.45, 2.75) is 25.4 Å². The predicted molar refractivity (Wildman–Crippen MR) is 31.4 cm³/mol. The summed E-state index contributed by atoms with van der Waals surface area (Å²) in [6, 6.07) is 0. The first-order chi connectivity index (χ1) is 3.97. The molecular weight excluding hydrogens is 100 g/mol. The van der Waals surface area contributed by atoms with Crippen molar-refractivity contribution < 1.29 is 4.74 Å². The standard InChI is InChI=1S/C7H11O/c1-2-4-6(3-1)7-5-8-7/h1,6-7H,2-5H2. The van der Waals surface area contributed by atoms with Crippen molar-refractivity contribution in [3.63, 3.8) is 0 Å². The molecule has 0 aromatic carbocycles. The Morgan fingerprint density at radius 1 is 1.50 bits per heavy atom. The van der Waals surface area contributed by atoms with Crippen molar-refractivity contribution in [2.75, 3.05) is 6.61 Å². The minimum Gasteiger partial charge on any atom is -0.373 e. The van der Waals surface area contributed by atoms with Crippen LogP contribution in [-0.4, -0.2) is 12.7 Å². The van der Waals surface area contributed by atoms with Gasteiger partial charge < -0.3 is 4.74 Å². The first-order valence-electron chi connectivity index (χ1n) is 3.40. The first-order valence-corrected chi connectivity index (χ1v) is 3.40. The number of hydrogen-bond donors (Lipinski definition) is 0. The van der Waals surface area contributed by atoms with Gasteiger partial charge >= 0.3 is 0 Å². The molecule has 2 aliphatic rings. The van der Waals surface area contributed by atoms with E-state index in [0.717, 1.165) is 12.5 Å². The van der Waals surface area contributed by atoms with Crippen LogP contribution in [0.4, 0.5) is 0 Å². The minimum atomic E-state index is 0.661. The van der Waals surface area contributed by atoms with E-state index in [2.05, 4.69) is 6.42 Å². The van der Waals surface area contributed by atoms with E-state index in [1.807, 2.05) is 0 Å². The van der Waals surface area contributed by atoms with Gasteiger partial charge in [0.15, 0.2) is 0 Å². The molecule has 45 valence electrons. The van der Waals surface area contributed by atoms with Gasteiger partial charge in [-0.2, -0.15) is 0 Å². The van der Waals surface area contributed by atoms with E-state index in [-0.39, 0.29) is 0 Å². The summed E-state index contributed by atoms with van der Waals surface area (Å²) in [4.78, 5) is 0. The van der Waals surface area contributed by atoms with E-state index >= 15 is 0 Å². The molecule has 0 aromatic rings. The molecule has 2 unspecified atom stereocenters.